The predicted molar refractivity (Wildman–Crippen MR) is 77.6 cm³/mol. The van der Waals surface area contributed by atoms with Gasteiger partial charge in [-0.05, 0) is 6.92 Å². The lowest BCUT2D eigenvalue weighted by atomic mass is 10.2. The highest BCUT2D eigenvalue weighted by atomic mass is 16.6. The quantitative estimate of drug-likeness (QED) is 0.388. The largest absolute Gasteiger partial charge is 0.481 e. The first kappa shape index (κ1) is 18.9. The summed E-state index contributed by atoms with van der Waals surface area (Å²) in [5.41, 5.74) is 0.383. The molecule has 2 fully saturated rings. The summed E-state index contributed by atoms with van der Waals surface area (Å²) in [6.45, 7) is 10.2. The van der Waals surface area contributed by atoms with Crippen LogP contribution in [0.2, 0.25) is 0 Å². The summed E-state index contributed by atoms with van der Waals surface area (Å²) >= 11 is 0. The molecule has 0 saturated carbocycles. The number of carbonyl (C=O) groups excluding carboxylic acids is 2. The molecule has 2 atom stereocenters. The molecule has 2 aliphatic rings. The summed E-state index contributed by atoms with van der Waals surface area (Å²) in [5.74, 6) is -2.10. The fourth-order valence-corrected chi connectivity index (χ4v) is 1.15. The molecule has 2 heterocycles. The Kier molecular flexibility index (Phi) is 7.43. The van der Waals surface area contributed by atoms with E-state index < -0.39 is 11.9 Å². The van der Waals surface area contributed by atoms with Gasteiger partial charge in [0.25, 0.3) is 0 Å². The van der Waals surface area contributed by atoms with E-state index in [1.165, 1.54) is 0 Å². The first-order chi connectivity index (χ1) is 10.8. The van der Waals surface area contributed by atoms with Gasteiger partial charge in [0.05, 0.1) is 19.6 Å². The van der Waals surface area contributed by atoms with Crippen LogP contribution < -0.4 is 0 Å². The van der Waals surface area contributed by atoms with Crippen molar-refractivity contribution in [2.45, 2.75) is 25.6 Å². The highest BCUT2D eigenvalue weighted by Crippen LogP contribution is 2.10. The zero-order valence-corrected chi connectivity index (χ0v) is 12.9. The molecule has 23 heavy (non-hydrogen) atoms. The smallest absolute Gasteiger partial charge is 0.334 e. The van der Waals surface area contributed by atoms with Gasteiger partial charge in [-0.3, -0.25) is 4.79 Å². The van der Waals surface area contributed by atoms with Crippen LogP contribution >= 0.6 is 0 Å². The molecule has 2 unspecified atom stereocenters. The molecule has 8 nitrogen and oxygen atoms in total. The van der Waals surface area contributed by atoms with Gasteiger partial charge < -0.3 is 24.1 Å². The lowest BCUT2D eigenvalue weighted by molar-refractivity contribution is -0.143. The minimum absolute atomic E-state index is 0.0124. The molecular weight excluding hydrogens is 308 g/mol. The standard InChI is InChI=1S/C8H10O5.C7H10O3/c1-5(2-7(9)10)8(11)13-4-6-3-12-6;1-5(2)7(8)10-4-6-3-9-6/h6H,1-4H2,(H,9,10);6H,1,3-4H2,2H3. The van der Waals surface area contributed by atoms with Crippen LogP contribution in [0.15, 0.2) is 24.3 Å². The summed E-state index contributed by atoms with van der Waals surface area (Å²) in [5, 5.41) is 8.33. The Bertz CT molecular complexity index is 488. The lowest BCUT2D eigenvalue weighted by Crippen LogP contribution is -2.13. The van der Waals surface area contributed by atoms with E-state index >= 15 is 0 Å². The van der Waals surface area contributed by atoms with Crippen molar-refractivity contribution in [2.24, 2.45) is 0 Å². The zero-order valence-electron chi connectivity index (χ0n) is 12.9. The number of carboxylic acid groups (broad SMARTS) is 1. The third-order valence-corrected chi connectivity index (χ3v) is 2.61. The van der Waals surface area contributed by atoms with Crippen LogP contribution in [0, 0.1) is 0 Å². The van der Waals surface area contributed by atoms with Gasteiger partial charge in [0.2, 0.25) is 0 Å². The Hall–Kier alpha value is -2.19. The second-order valence-electron chi connectivity index (χ2n) is 5.06. The van der Waals surface area contributed by atoms with Crippen LogP contribution in [-0.2, 0) is 33.3 Å². The van der Waals surface area contributed by atoms with Crippen molar-refractivity contribution in [3.63, 3.8) is 0 Å². The van der Waals surface area contributed by atoms with Crippen molar-refractivity contribution < 1.29 is 38.4 Å². The van der Waals surface area contributed by atoms with Crippen LogP contribution in [0.1, 0.15) is 13.3 Å². The number of aliphatic carboxylic acids is 1. The normalized spacial score (nSPS) is 20.4. The summed E-state index contributed by atoms with van der Waals surface area (Å²) < 4.78 is 19.1. The van der Waals surface area contributed by atoms with Crippen molar-refractivity contribution in [3.05, 3.63) is 24.3 Å². The molecule has 2 rings (SSSR count). The van der Waals surface area contributed by atoms with Gasteiger partial charge in [0, 0.05) is 11.1 Å². The van der Waals surface area contributed by atoms with Crippen LogP contribution in [0.4, 0.5) is 0 Å². The van der Waals surface area contributed by atoms with Gasteiger partial charge in [0.1, 0.15) is 25.4 Å². The minimum Gasteiger partial charge on any atom is -0.481 e. The van der Waals surface area contributed by atoms with E-state index in [0.717, 1.165) is 0 Å². The fourth-order valence-electron chi connectivity index (χ4n) is 1.15. The van der Waals surface area contributed by atoms with E-state index in [0.29, 0.717) is 25.4 Å². The van der Waals surface area contributed by atoms with E-state index in [1.807, 2.05) is 0 Å². The highest BCUT2D eigenvalue weighted by molar-refractivity contribution is 5.92. The zero-order chi connectivity index (χ0) is 17.4. The van der Waals surface area contributed by atoms with Gasteiger partial charge in [-0.15, -0.1) is 0 Å². The Labute approximate surface area is 133 Å². The van der Waals surface area contributed by atoms with Gasteiger partial charge in [-0.1, -0.05) is 13.2 Å². The highest BCUT2D eigenvalue weighted by Gasteiger charge is 2.25. The second-order valence-corrected chi connectivity index (χ2v) is 5.06. The molecule has 2 aliphatic heterocycles. The molecule has 0 amide bonds. The number of hydrogen-bond acceptors (Lipinski definition) is 7. The molecule has 8 heteroatoms. The Morgan fingerprint density at radius 2 is 1.48 bits per heavy atom. The maximum atomic E-state index is 11.0. The molecule has 0 spiro atoms. The SMILES string of the molecule is C=C(C)C(=O)OCC1CO1.C=C(CC(=O)O)C(=O)OCC1CO1. The van der Waals surface area contributed by atoms with Crippen LogP contribution in [0.25, 0.3) is 0 Å². The van der Waals surface area contributed by atoms with E-state index in [2.05, 4.69) is 13.2 Å². The monoisotopic (exact) mass is 328 g/mol. The average molecular weight is 328 g/mol. The van der Waals surface area contributed by atoms with Crippen molar-refractivity contribution in [3.8, 4) is 0 Å². The third-order valence-electron chi connectivity index (χ3n) is 2.61. The average Bonchev–Trinajstić information content (AvgIpc) is 3.36. The summed E-state index contributed by atoms with van der Waals surface area (Å²) in [7, 11) is 0. The number of rotatable bonds is 8. The molecule has 0 aromatic heterocycles. The first-order valence-electron chi connectivity index (χ1n) is 6.92. The van der Waals surface area contributed by atoms with Crippen molar-refractivity contribution in [2.75, 3.05) is 26.4 Å². The number of hydrogen-bond donors (Lipinski definition) is 1. The van der Waals surface area contributed by atoms with Crippen molar-refractivity contribution in [1.82, 2.24) is 0 Å². The number of carbonyl (C=O) groups is 3. The van der Waals surface area contributed by atoms with Crippen molar-refractivity contribution >= 4 is 17.9 Å². The number of epoxide rings is 2. The van der Waals surface area contributed by atoms with Crippen molar-refractivity contribution in [1.29, 1.82) is 0 Å². The second kappa shape index (κ2) is 9.06. The van der Waals surface area contributed by atoms with E-state index in [9.17, 15) is 14.4 Å². The Balaban J connectivity index is 0.000000238. The van der Waals surface area contributed by atoms with Crippen LogP contribution in [0.5, 0.6) is 0 Å². The molecule has 2 saturated heterocycles. The summed E-state index contributed by atoms with van der Waals surface area (Å²) in [6.07, 6.45) is -0.255. The Morgan fingerprint density at radius 1 is 1.04 bits per heavy atom. The van der Waals surface area contributed by atoms with E-state index in [-0.39, 0.29) is 36.8 Å². The molecule has 128 valence electrons. The predicted octanol–water partition coefficient (Wildman–Crippen LogP) is 0.464. The lowest BCUT2D eigenvalue weighted by Gasteiger charge is -2.02. The third kappa shape index (κ3) is 9.43. The molecule has 0 aromatic rings. The number of esters is 2. The van der Waals surface area contributed by atoms with Gasteiger partial charge in [0.15, 0.2) is 0 Å². The summed E-state index contributed by atoms with van der Waals surface area (Å²) in [4.78, 5) is 31.8. The first-order valence-corrected chi connectivity index (χ1v) is 6.92. The maximum Gasteiger partial charge on any atom is 0.334 e. The van der Waals surface area contributed by atoms with E-state index in [1.54, 1.807) is 6.92 Å². The molecule has 0 bridgehead atoms. The number of carboxylic acids is 1. The van der Waals surface area contributed by atoms with Gasteiger partial charge >= 0.3 is 17.9 Å². The van der Waals surface area contributed by atoms with Crippen LogP contribution in [-0.4, -0.2) is 61.6 Å². The van der Waals surface area contributed by atoms with Crippen LogP contribution in [0.3, 0.4) is 0 Å². The molecule has 1 N–H and O–H groups in total. The Morgan fingerprint density at radius 3 is 1.83 bits per heavy atom. The van der Waals surface area contributed by atoms with Gasteiger partial charge in [-0.2, -0.15) is 0 Å². The van der Waals surface area contributed by atoms with Gasteiger partial charge in [-0.25, -0.2) is 9.59 Å². The number of ether oxygens (including phenoxy) is 4. The maximum absolute atomic E-state index is 11.0. The summed E-state index contributed by atoms with van der Waals surface area (Å²) in [6, 6.07) is 0. The minimum atomic E-state index is -1.09. The fraction of sp³-hybridized carbons (Fsp3) is 0.533. The molecule has 0 radical (unpaired) electrons. The topological polar surface area (TPSA) is 115 Å². The molecular formula is C15H20O8. The molecule has 0 aromatic carbocycles. The molecule has 0 aliphatic carbocycles. The van der Waals surface area contributed by atoms with E-state index in [4.69, 9.17) is 24.1 Å².